The lowest BCUT2D eigenvalue weighted by Crippen LogP contribution is -2.31. The van der Waals surface area contributed by atoms with Crippen molar-refractivity contribution in [2.75, 3.05) is 0 Å². The molecule has 15 heavy (non-hydrogen) atoms. The van der Waals surface area contributed by atoms with Crippen molar-refractivity contribution in [2.45, 2.75) is 32.1 Å². The molecule has 0 bridgehead atoms. The highest BCUT2D eigenvalue weighted by atomic mass is 16.2. The Morgan fingerprint density at radius 2 is 2.13 bits per heavy atom. The number of allylic oxidation sites excluding steroid dienone is 3. The predicted octanol–water partition coefficient (Wildman–Crippen LogP) is 1.46. The monoisotopic (exact) mass is 203 g/mol. The molecule has 1 heterocycles. The molecular weight excluding hydrogens is 190 g/mol. The van der Waals surface area contributed by atoms with E-state index in [2.05, 4.69) is 17.5 Å². The molecule has 3 nitrogen and oxygen atoms in total. The van der Waals surface area contributed by atoms with E-state index in [1.807, 2.05) is 0 Å². The molecule has 3 aliphatic rings. The number of carbonyl (C=O) groups is 2. The number of hydrogen-bond acceptors (Lipinski definition) is 2. The smallest absolute Gasteiger partial charge is 0.237 e. The van der Waals surface area contributed by atoms with Crippen LogP contribution in [0.25, 0.3) is 0 Å². The Hall–Kier alpha value is -1.38. The lowest BCUT2D eigenvalue weighted by Gasteiger charge is -2.22. The molecule has 0 saturated carbocycles. The molecule has 0 aromatic heterocycles. The van der Waals surface area contributed by atoms with Crippen molar-refractivity contribution in [3.63, 3.8) is 0 Å². The van der Waals surface area contributed by atoms with Crippen molar-refractivity contribution in [1.82, 2.24) is 5.32 Å². The van der Waals surface area contributed by atoms with E-state index < -0.39 is 5.41 Å². The summed E-state index contributed by atoms with van der Waals surface area (Å²) in [5, 5.41) is 2.44. The normalized spacial score (nSPS) is 33.9. The Morgan fingerprint density at radius 3 is 2.87 bits per heavy atom. The first-order valence-electron chi connectivity index (χ1n) is 5.46. The zero-order valence-electron chi connectivity index (χ0n) is 8.51. The average molecular weight is 203 g/mol. The highest BCUT2D eigenvalue weighted by Gasteiger charge is 2.52. The van der Waals surface area contributed by atoms with Crippen LogP contribution in [0.15, 0.2) is 23.3 Å². The minimum absolute atomic E-state index is 0.0796. The van der Waals surface area contributed by atoms with Crippen molar-refractivity contribution < 1.29 is 9.59 Å². The molecule has 3 heteroatoms. The Morgan fingerprint density at radius 1 is 1.27 bits per heavy atom. The van der Waals surface area contributed by atoms with E-state index in [1.165, 1.54) is 5.57 Å². The molecule has 0 aromatic rings. The minimum Gasteiger partial charge on any atom is -0.296 e. The average Bonchev–Trinajstić information content (AvgIpc) is 2.72. The van der Waals surface area contributed by atoms with Gasteiger partial charge >= 0.3 is 0 Å². The lowest BCUT2D eigenvalue weighted by molar-refractivity contribution is -0.127. The van der Waals surface area contributed by atoms with Gasteiger partial charge in [-0.3, -0.25) is 14.9 Å². The standard InChI is InChI=1S/C12H13NO2/c14-10-7-12(11(15)13-10)6-5-8-3-1-2-4-9(8)12/h2,4H,1,3,5-7H2,(H,13,14,15). The van der Waals surface area contributed by atoms with Gasteiger partial charge in [0.15, 0.2) is 0 Å². The van der Waals surface area contributed by atoms with Crippen LogP contribution in [-0.4, -0.2) is 11.8 Å². The number of rotatable bonds is 0. The van der Waals surface area contributed by atoms with Crippen molar-refractivity contribution in [2.24, 2.45) is 5.41 Å². The van der Waals surface area contributed by atoms with E-state index in [1.54, 1.807) is 0 Å². The van der Waals surface area contributed by atoms with Gasteiger partial charge in [0.1, 0.15) is 0 Å². The van der Waals surface area contributed by atoms with Gasteiger partial charge in [-0.05, 0) is 31.3 Å². The van der Waals surface area contributed by atoms with E-state index in [0.29, 0.717) is 6.42 Å². The Balaban J connectivity index is 2.08. The predicted molar refractivity (Wildman–Crippen MR) is 54.8 cm³/mol. The fourth-order valence-electron chi connectivity index (χ4n) is 3.03. The molecular formula is C12H13NO2. The van der Waals surface area contributed by atoms with E-state index in [0.717, 1.165) is 31.3 Å². The van der Waals surface area contributed by atoms with Gasteiger partial charge in [-0.25, -0.2) is 0 Å². The molecule has 2 amide bonds. The third-order valence-corrected chi connectivity index (χ3v) is 3.80. The van der Waals surface area contributed by atoms with Gasteiger partial charge in [0, 0.05) is 6.42 Å². The molecule has 1 spiro atoms. The summed E-state index contributed by atoms with van der Waals surface area (Å²) in [6.07, 6.45) is 8.47. The van der Waals surface area contributed by atoms with Crippen LogP contribution in [0.3, 0.4) is 0 Å². The van der Waals surface area contributed by atoms with Crippen LogP contribution >= 0.6 is 0 Å². The summed E-state index contributed by atoms with van der Waals surface area (Å²) in [5.41, 5.74) is 2.03. The van der Waals surface area contributed by atoms with Crippen molar-refractivity contribution in [3.05, 3.63) is 23.3 Å². The van der Waals surface area contributed by atoms with Crippen LogP contribution in [0.4, 0.5) is 0 Å². The first-order chi connectivity index (χ1) is 7.22. The van der Waals surface area contributed by atoms with Gasteiger partial charge in [0.25, 0.3) is 0 Å². The van der Waals surface area contributed by atoms with Gasteiger partial charge in [0.2, 0.25) is 11.8 Å². The SMILES string of the molecule is O=C1CC2(CCC3=C2C=CCC3)C(=O)N1. The summed E-state index contributed by atoms with van der Waals surface area (Å²) in [6.45, 7) is 0. The Bertz CT molecular complexity index is 419. The summed E-state index contributed by atoms with van der Waals surface area (Å²) < 4.78 is 0. The highest BCUT2D eigenvalue weighted by Crippen LogP contribution is 2.50. The molecule has 2 aliphatic carbocycles. The van der Waals surface area contributed by atoms with Crippen LogP contribution in [0.2, 0.25) is 0 Å². The molecule has 1 fully saturated rings. The summed E-state index contributed by atoms with van der Waals surface area (Å²) in [4.78, 5) is 23.2. The van der Waals surface area contributed by atoms with E-state index in [4.69, 9.17) is 0 Å². The van der Waals surface area contributed by atoms with Crippen LogP contribution in [-0.2, 0) is 9.59 Å². The molecule has 1 aliphatic heterocycles. The molecule has 1 unspecified atom stereocenters. The summed E-state index contributed by atoms with van der Waals surface area (Å²) in [6, 6.07) is 0. The van der Waals surface area contributed by atoms with E-state index in [-0.39, 0.29) is 11.8 Å². The Kier molecular flexibility index (Phi) is 1.67. The van der Waals surface area contributed by atoms with Gasteiger partial charge < -0.3 is 0 Å². The summed E-state index contributed by atoms with van der Waals surface area (Å²) >= 11 is 0. The van der Waals surface area contributed by atoms with Crippen LogP contribution in [0.5, 0.6) is 0 Å². The molecule has 0 aromatic carbocycles. The first-order valence-corrected chi connectivity index (χ1v) is 5.46. The third-order valence-electron chi connectivity index (χ3n) is 3.80. The summed E-state index contributed by atoms with van der Waals surface area (Å²) in [7, 11) is 0. The number of hydrogen-bond donors (Lipinski definition) is 1. The number of nitrogens with one attached hydrogen (secondary N) is 1. The van der Waals surface area contributed by atoms with Crippen LogP contribution in [0.1, 0.15) is 32.1 Å². The quantitative estimate of drug-likeness (QED) is 0.606. The second-order valence-electron chi connectivity index (χ2n) is 4.59. The van der Waals surface area contributed by atoms with Gasteiger partial charge in [-0.15, -0.1) is 0 Å². The number of imide groups is 1. The molecule has 1 atom stereocenters. The fraction of sp³-hybridized carbons (Fsp3) is 0.500. The molecule has 0 radical (unpaired) electrons. The minimum atomic E-state index is -0.497. The zero-order chi connectivity index (χ0) is 10.5. The maximum atomic E-state index is 11.9. The van der Waals surface area contributed by atoms with Gasteiger partial charge in [-0.1, -0.05) is 17.7 Å². The number of fused-ring (bicyclic) bond motifs is 1. The summed E-state index contributed by atoms with van der Waals surface area (Å²) in [5.74, 6) is -0.197. The molecule has 1 saturated heterocycles. The van der Waals surface area contributed by atoms with E-state index >= 15 is 0 Å². The van der Waals surface area contributed by atoms with Gasteiger partial charge in [0.05, 0.1) is 5.41 Å². The van der Waals surface area contributed by atoms with Crippen molar-refractivity contribution >= 4 is 11.8 Å². The zero-order valence-corrected chi connectivity index (χ0v) is 8.51. The third kappa shape index (κ3) is 1.06. The fourth-order valence-corrected chi connectivity index (χ4v) is 3.03. The van der Waals surface area contributed by atoms with Crippen LogP contribution < -0.4 is 5.32 Å². The second kappa shape index (κ2) is 2.81. The number of carbonyl (C=O) groups excluding carboxylic acids is 2. The van der Waals surface area contributed by atoms with Crippen LogP contribution in [0, 0.1) is 5.41 Å². The molecule has 1 N–H and O–H groups in total. The van der Waals surface area contributed by atoms with Crippen molar-refractivity contribution in [3.8, 4) is 0 Å². The maximum Gasteiger partial charge on any atom is 0.237 e. The van der Waals surface area contributed by atoms with Gasteiger partial charge in [-0.2, -0.15) is 0 Å². The van der Waals surface area contributed by atoms with Crippen molar-refractivity contribution in [1.29, 1.82) is 0 Å². The maximum absolute atomic E-state index is 11.9. The topological polar surface area (TPSA) is 46.2 Å². The molecule has 3 rings (SSSR count). The first kappa shape index (κ1) is 8.89. The largest absolute Gasteiger partial charge is 0.296 e. The second-order valence-corrected chi connectivity index (χ2v) is 4.59. The lowest BCUT2D eigenvalue weighted by atomic mass is 9.78. The number of amides is 2. The molecule has 78 valence electrons. The highest BCUT2D eigenvalue weighted by molar-refractivity contribution is 6.08. The Labute approximate surface area is 88.2 Å². The van der Waals surface area contributed by atoms with E-state index in [9.17, 15) is 9.59 Å².